The number of para-hydroxylation sites is 1. The van der Waals surface area contributed by atoms with E-state index in [2.05, 4.69) is 4.98 Å². The molecule has 2 amide bonds. The van der Waals surface area contributed by atoms with Gasteiger partial charge >= 0.3 is 0 Å². The molecule has 25 heavy (non-hydrogen) atoms. The monoisotopic (exact) mass is 344 g/mol. The zero-order chi connectivity index (χ0) is 18.4. The lowest BCUT2D eigenvalue weighted by Gasteiger charge is -2.23. The number of aryl methyl sites for hydroxylation is 1. The Labute approximate surface area is 146 Å². The Hall–Kier alpha value is -2.70. The standard InChI is InChI=1S/C18H24N4O3/c1-4-21(5-2)17(24)12-20(3)16(23)10-11-22-13-19-15-9-7-6-8-14(15)18(22)25/h6-9,13H,4-5,10-12H2,1-3H3. The Morgan fingerprint density at radius 1 is 1.12 bits per heavy atom. The fourth-order valence-corrected chi connectivity index (χ4v) is 2.64. The van der Waals surface area contributed by atoms with E-state index in [9.17, 15) is 14.4 Å². The third kappa shape index (κ3) is 4.43. The molecular weight excluding hydrogens is 320 g/mol. The van der Waals surface area contributed by atoms with E-state index >= 15 is 0 Å². The van der Waals surface area contributed by atoms with Crippen LogP contribution in [0.3, 0.4) is 0 Å². The van der Waals surface area contributed by atoms with Crippen molar-refractivity contribution in [1.82, 2.24) is 19.4 Å². The van der Waals surface area contributed by atoms with Crippen LogP contribution in [-0.2, 0) is 16.1 Å². The first kappa shape index (κ1) is 18.6. The highest BCUT2D eigenvalue weighted by Crippen LogP contribution is 2.05. The maximum Gasteiger partial charge on any atom is 0.261 e. The number of nitrogens with zero attached hydrogens (tertiary/aromatic N) is 4. The first-order chi connectivity index (χ1) is 12.0. The summed E-state index contributed by atoms with van der Waals surface area (Å²) in [4.78, 5) is 44.0. The second-order valence-electron chi connectivity index (χ2n) is 5.83. The van der Waals surface area contributed by atoms with Crippen molar-refractivity contribution in [2.24, 2.45) is 0 Å². The summed E-state index contributed by atoms with van der Waals surface area (Å²) in [6, 6.07) is 7.11. The van der Waals surface area contributed by atoms with E-state index in [1.165, 1.54) is 15.8 Å². The number of rotatable bonds is 7. The van der Waals surface area contributed by atoms with Gasteiger partial charge in [-0.2, -0.15) is 0 Å². The van der Waals surface area contributed by atoms with Gasteiger partial charge in [-0.25, -0.2) is 4.98 Å². The van der Waals surface area contributed by atoms with Crippen LogP contribution in [0.4, 0.5) is 0 Å². The van der Waals surface area contributed by atoms with Gasteiger partial charge in [0.1, 0.15) is 0 Å². The predicted octanol–water partition coefficient (Wildman–Crippen LogP) is 1.11. The van der Waals surface area contributed by atoms with Crippen LogP contribution in [0.2, 0.25) is 0 Å². The molecule has 7 nitrogen and oxygen atoms in total. The molecule has 0 bridgehead atoms. The van der Waals surface area contributed by atoms with Crippen molar-refractivity contribution in [3.8, 4) is 0 Å². The number of likely N-dealkylation sites (N-methyl/N-ethyl adjacent to an activating group) is 2. The highest BCUT2D eigenvalue weighted by atomic mass is 16.2. The SMILES string of the molecule is CCN(CC)C(=O)CN(C)C(=O)CCn1cnc2ccccc2c1=O. The summed E-state index contributed by atoms with van der Waals surface area (Å²) >= 11 is 0. The topological polar surface area (TPSA) is 75.5 Å². The lowest BCUT2D eigenvalue weighted by Crippen LogP contribution is -2.41. The fourth-order valence-electron chi connectivity index (χ4n) is 2.64. The van der Waals surface area contributed by atoms with E-state index < -0.39 is 0 Å². The second kappa shape index (κ2) is 8.41. The molecule has 0 atom stereocenters. The molecule has 0 radical (unpaired) electrons. The molecule has 2 rings (SSSR count). The number of amides is 2. The van der Waals surface area contributed by atoms with Crippen molar-refractivity contribution in [1.29, 1.82) is 0 Å². The average molecular weight is 344 g/mol. The predicted molar refractivity (Wildman–Crippen MR) is 96.2 cm³/mol. The third-order valence-corrected chi connectivity index (χ3v) is 4.21. The van der Waals surface area contributed by atoms with Gasteiger partial charge in [-0.05, 0) is 26.0 Å². The number of benzene rings is 1. The molecule has 0 aliphatic rings. The first-order valence-electron chi connectivity index (χ1n) is 8.43. The van der Waals surface area contributed by atoms with Crippen molar-refractivity contribution >= 4 is 22.7 Å². The van der Waals surface area contributed by atoms with Gasteiger partial charge in [-0.15, -0.1) is 0 Å². The van der Waals surface area contributed by atoms with Crippen LogP contribution >= 0.6 is 0 Å². The summed E-state index contributed by atoms with van der Waals surface area (Å²) in [6.45, 7) is 5.33. The van der Waals surface area contributed by atoms with Gasteiger partial charge in [-0.1, -0.05) is 12.1 Å². The molecule has 134 valence electrons. The quantitative estimate of drug-likeness (QED) is 0.754. The van der Waals surface area contributed by atoms with Gasteiger partial charge in [-0.3, -0.25) is 19.0 Å². The summed E-state index contributed by atoms with van der Waals surface area (Å²) in [5, 5.41) is 0.530. The Morgan fingerprint density at radius 3 is 2.48 bits per heavy atom. The average Bonchev–Trinajstić information content (AvgIpc) is 2.62. The molecule has 0 N–H and O–H groups in total. The van der Waals surface area contributed by atoms with Gasteiger partial charge in [0.05, 0.1) is 23.8 Å². The van der Waals surface area contributed by atoms with E-state index in [0.717, 1.165) is 0 Å². The zero-order valence-corrected chi connectivity index (χ0v) is 14.9. The maximum absolute atomic E-state index is 12.4. The molecular formula is C18H24N4O3. The molecule has 0 aliphatic heterocycles. The highest BCUT2D eigenvalue weighted by molar-refractivity contribution is 5.84. The van der Waals surface area contributed by atoms with Gasteiger partial charge in [0, 0.05) is 33.1 Å². The number of hydrogen-bond donors (Lipinski definition) is 0. The van der Waals surface area contributed by atoms with Gasteiger partial charge in [0.25, 0.3) is 5.56 Å². The number of fused-ring (bicyclic) bond motifs is 1. The molecule has 2 aromatic rings. The van der Waals surface area contributed by atoms with Crippen molar-refractivity contribution < 1.29 is 9.59 Å². The second-order valence-corrected chi connectivity index (χ2v) is 5.83. The molecule has 0 spiro atoms. The van der Waals surface area contributed by atoms with Crippen LogP contribution < -0.4 is 5.56 Å². The minimum Gasteiger partial charge on any atom is -0.342 e. The van der Waals surface area contributed by atoms with Gasteiger partial charge in [0.15, 0.2) is 0 Å². The summed E-state index contributed by atoms with van der Waals surface area (Å²) in [6.07, 6.45) is 1.60. The Morgan fingerprint density at radius 2 is 1.80 bits per heavy atom. The van der Waals surface area contributed by atoms with Gasteiger partial charge < -0.3 is 9.80 Å². The molecule has 1 aromatic heterocycles. The zero-order valence-electron chi connectivity index (χ0n) is 14.9. The number of carbonyl (C=O) groups is 2. The summed E-state index contributed by atoms with van der Waals surface area (Å²) in [5.41, 5.74) is 0.470. The molecule has 7 heteroatoms. The van der Waals surface area contributed by atoms with E-state index in [1.54, 1.807) is 30.1 Å². The molecule has 1 aromatic carbocycles. The molecule has 0 saturated carbocycles. The molecule has 0 fully saturated rings. The Bertz CT molecular complexity index is 811. The van der Waals surface area contributed by atoms with Crippen molar-refractivity contribution in [2.75, 3.05) is 26.7 Å². The minimum atomic E-state index is -0.180. The number of carbonyl (C=O) groups excluding carboxylic acids is 2. The van der Waals surface area contributed by atoms with E-state index in [0.29, 0.717) is 24.0 Å². The highest BCUT2D eigenvalue weighted by Gasteiger charge is 2.16. The summed E-state index contributed by atoms with van der Waals surface area (Å²) in [7, 11) is 1.60. The Balaban J connectivity index is 1.99. The molecule has 0 unspecified atom stereocenters. The molecule has 0 saturated heterocycles. The number of aromatic nitrogens is 2. The fraction of sp³-hybridized carbons (Fsp3) is 0.444. The lowest BCUT2D eigenvalue weighted by molar-refractivity contribution is -0.139. The number of hydrogen-bond acceptors (Lipinski definition) is 4. The van der Waals surface area contributed by atoms with E-state index in [1.807, 2.05) is 19.9 Å². The smallest absolute Gasteiger partial charge is 0.261 e. The molecule has 1 heterocycles. The van der Waals surface area contributed by atoms with Crippen LogP contribution in [0.25, 0.3) is 10.9 Å². The first-order valence-corrected chi connectivity index (χ1v) is 8.43. The van der Waals surface area contributed by atoms with E-state index in [4.69, 9.17) is 0 Å². The van der Waals surface area contributed by atoms with Crippen molar-refractivity contribution in [3.05, 3.63) is 40.9 Å². The largest absolute Gasteiger partial charge is 0.342 e. The normalized spacial score (nSPS) is 10.7. The van der Waals surface area contributed by atoms with Crippen LogP contribution in [0.15, 0.2) is 35.4 Å². The third-order valence-electron chi connectivity index (χ3n) is 4.21. The van der Waals surface area contributed by atoms with Crippen LogP contribution in [-0.4, -0.2) is 57.8 Å². The Kier molecular flexibility index (Phi) is 6.27. The van der Waals surface area contributed by atoms with Crippen LogP contribution in [0.1, 0.15) is 20.3 Å². The van der Waals surface area contributed by atoms with Crippen LogP contribution in [0, 0.1) is 0 Å². The van der Waals surface area contributed by atoms with Crippen molar-refractivity contribution in [2.45, 2.75) is 26.8 Å². The minimum absolute atomic E-state index is 0.0470. The maximum atomic E-state index is 12.4. The summed E-state index contributed by atoms with van der Waals surface area (Å²) < 4.78 is 1.43. The lowest BCUT2D eigenvalue weighted by atomic mass is 10.2. The van der Waals surface area contributed by atoms with Gasteiger partial charge in [0.2, 0.25) is 11.8 Å². The van der Waals surface area contributed by atoms with Crippen LogP contribution in [0.5, 0.6) is 0 Å². The summed E-state index contributed by atoms with van der Waals surface area (Å²) in [5.74, 6) is -0.258. The van der Waals surface area contributed by atoms with Crippen molar-refractivity contribution in [3.63, 3.8) is 0 Å². The van der Waals surface area contributed by atoms with E-state index in [-0.39, 0.29) is 36.9 Å². The molecule has 0 aliphatic carbocycles.